The summed E-state index contributed by atoms with van der Waals surface area (Å²) < 4.78 is 39.0. The molecule has 154 valence electrons. The lowest BCUT2D eigenvalue weighted by atomic mass is 10.1. The number of amides is 1. The molecule has 29 heavy (non-hydrogen) atoms. The van der Waals surface area contributed by atoms with Gasteiger partial charge in [0.1, 0.15) is 18.3 Å². The lowest BCUT2D eigenvalue weighted by molar-refractivity contribution is -0.384. The van der Waals surface area contributed by atoms with Crippen molar-refractivity contribution in [2.24, 2.45) is 7.05 Å². The first kappa shape index (κ1) is 20.3. The van der Waals surface area contributed by atoms with Gasteiger partial charge in [-0.1, -0.05) is 0 Å². The zero-order valence-electron chi connectivity index (χ0n) is 15.1. The number of hydrogen-bond donors (Lipinski definition) is 1. The number of carbonyl (C=O) groups is 2. The second-order valence-electron chi connectivity index (χ2n) is 6.54. The van der Waals surface area contributed by atoms with E-state index >= 15 is 0 Å². The van der Waals surface area contributed by atoms with Crippen LogP contribution in [-0.2, 0) is 11.8 Å². The van der Waals surface area contributed by atoms with Crippen LogP contribution in [-0.4, -0.2) is 56.4 Å². The van der Waals surface area contributed by atoms with Crippen LogP contribution in [0.1, 0.15) is 22.6 Å². The van der Waals surface area contributed by atoms with E-state index in [1.807, 2.05) is 0 Å². The minimum atomic E-state index is -4.52. The molecule has 1 N–H and O–H groups in total. The summed E-state index contributed by atoms with van der Waals surface area (Å²) in [6, 6.07) is 2.62. The van der Waals surface area contributed by atoms with E-state index in [0.29, 0.717) is 4.90 Å². The Morgan fingerprint density at radius 1 is 1.41 bits per heavy atom. The van der Waals surface area contributed by atoms with Gasteiger partial charge in [-0.25, -0.2) is 4.98 Å². The van der Waals surface area contributed by atoms with Crippen LogP contribution in [0.2, 0.25) is 0 Å². The van der Waals surface area contributed by atoms with Crippen LogP contribution in [0, 0.1) is 10.1 Å². The Hall–Kier alpha value is -3.44. The van der Waals surface area contributed by atoms with Crippen molar-refractivity contribution < 1.29 is 27.7 Å². The number of nitrogens with zero attached hydrogens (tertiary/aromatic N) is 4. The molecule has 1 unspecified atom stereocenters. The van der Waals surface area contributed by atoms with E-state index in [1.165, 1.54) is 22.9 Å². The summed E-state index contributed by atoms with van der Waals surface area (Å²) in [6.45, 7) is -1.48. The number of benzene rings is 1. The normalized spacial score (nSPS) is 16.9. The average Bonchev–Trinajstić information content (AvgIpc) is 3.20. The predicted octanol–water partition coefficient (Wildman–Crippen LogP) is 2.13. The molecule has 0 radical (unpaired) electrons. The standard InChI is InChI=1S/C17H16F3N5O4/c1-23-7-5-21-15(23)14(26)10-2-3-11(13(8-10)25(28)29)22-12-4-6-24(16(12)27)9-17(18,19)20/h2-3,5,7-8,12,22H,4,6,9H2,1H3. The van der Waals surface area contributed by atoms with Crippen molar-refractivity contribution in [3.63, 3.8) is 0 Å². The van der Waals surface area contributed by atoms with Crippen LogP contribution < -0.4 is 5.32 Å². The number of aromatic nitrogens is 2. The molecule has 9 nitrogen and oxygen atoms in total. The Morgan fingerprint density at radius 3 is 2.72 bits per heavy atom. The molecule has 3 rings (SSSR count). The van der Waals surface area contributed by atoms with Gasteiger partial charge in [-0.2, -0.15) is 13.2 Å². The number of hydrogen-bond acceptors (Lipinski definition) is 6. The zero-order chi connectivity index (χ0) is 21.3. The monoisotopic (exact) mass is 411 g/mol. The zero-order valence-corrected chi connectivity index (χ0v) is 15.1. The maximum Gasteiger partial charge on any atom is 0.406 e. The molecule has 0 bridgehead atoms. The van der Waals surface area contributed by atoms with Crippen LogP contribution in [0.15, 0.2) is 30.6 Å². The van der Waals surface area contributed by atoms with E-state index in [9.17, 15) is 32.9 Å². The van der Waals surface area contributed by atoms with Gasteiger partial charge < -0.3 is 14.8 Å². The van der Waals surface area contributed by atoms with Crippen LogP contribution >= 0.6 is 0 Å². The maximum atomic E-state index is 12.5. The molecule has 1 atom stereocenters. The van der Waals surface area contributed by atoms with E-state index in [2.05, 4.69) is 10.3 Å². The summed E-state index contributed by atoms with van der Waals surface area (Å²) in [4.78, 5) is 39.9. The van der Waals surface area contributed by atoms with Gasteiger partial charge in [0.05, 0.1) is 4.92 Å². The third kappa shape index (κ3) is 4.36. The van der Waals surface area contributed by atoms with Gasteiger partial charge >= 0.3 is 6.18 Å². The number of nitro benzene ring substituents is 1. The highest BCUT2D eigenvalue weighted by atomic mass is 19.4. The van der Waals surface area contributed by atoms with E-state index < -0.39 is 41.1 Å². The summed E-state index contributed by atoms with van der Waals surface area (Å²) in [5.41, 5.74) is -0.501. The number of carbonyl (C=O) groups excluding carboxylic acids is 2. The van der Waals surface area contributed by atoms with Gasteiger partial charge in [0, 0.05) is 37.6 Å². The van der Waals surface area contributed by atoms with Crippen molar-refractivity contribution in [3.8, 4) is 0 Å². The third-order valence-electron chi connectivity index (χ3n) is 4.48. The van der Waals surface area contributed by atoms with Crippen molar-refractivity contribution in [1.29, 1.82) is 0 Å². The van der Waals surface area contributed by atoms with Crippen LogP contribution in [0.4, 0.5) is 24.5 Å². The van der Waals surface area contributed by atoms with Crippen LogP contribution in [0.25, 0.3) is 0 Å². The topological polar surface area (TPSA) is 110 Å². The second kappa shape index (κ2) is 7.53. The summed E-state index contributed by atoms with van der Waals surface area (Å²) in [5.74, 6) is -1.22. The predicted molar refractivity (Wildman–Crippen MR) is 94.4 cm³/mol. The Labute approximate surface area is 162 Å². The number of aryl methyl sites for hydroxylation is 1. The van der Waals surface area contributed by atoms with Crippen LogP contribution in [0.3, 0.4) is 0 Å². The molecule has 1 aromatic heterocycles. The summed E-state index contributed by atoms with van der Waals surface area (Å²) in [5, 5.41) is 14.1. The molecule has 1 aliphatic heterocycles. The highest BCUT2D eigenvalue weighted by Gasteiger charge is 2.39. The van der Waals surface area contributed by atoms with Crippen LogP contribution in [0.5, 0.6) is 0 Å². The first-order chi connectivity index (χ1) is 13.6. The largest absolute Gasteiger partial charge is 0.406 e. The molecule has 1 amide bonds. The fourth-order valence-electron chi connectivity index (χ4n) is 3.09. The van der Waals surface area contributed by atoms with Gasteiger partial charge in [0.25, 0.3) is 5.69 Å². The number of likely N-dealkylation sites (tertiary alicyclic amines) is 1. The number of rotatable bonds is 6. The fourth-order valence-corrected chi connectivity index (χ4v) is 3.09. The molecule has 1 fully saturated rings. The SMILES string of the molecule is Cn1ccnc1C(=O)c1ccc(NC2CCN(CC(F)(F)F)C2=O)c([N+](=O)[O-])c1. The van der Waals surface area contributed by atoms with E-state index in [0.717, 1.165) is 6.07 Å². The van der Waals surface area contributed by atoms with Crippen molar-refractivity contribution in [1.82, 2.24) is 14.5 Å². The molecule has 2 aromatic rings. The number of imidazole rings is 1. The van der Waals surface area contributed by atoms with Gasteiger partial charge in [0.2, 0.25) is 11.7 Å². The molecular weight excluding hydrogens is 395 g/mol. The maximum absolute atomic E-state index is 12.5. The second-order valence-corrected chi connectivity index (χ2v) is 6.54. The third-order valence-corrected chi connectivity index (χ3v) is 4.48. The number of ketones is 1. The number of nitrogens with one attached hydrogen (secondary N) is 1. The molecule has 1 aromatic carbocycles. The number of anilines is 1. The Balaban J connectivity index is 1.82. The van der Waals surface area contributed by atoms with Crippen molar-refractivity contribution in [2.45, 2.75) is 18.6 Å². The molecule has 0 saturated carbocycles. The summed E-state index contributed by atoms with van der Waals surface area (Å²) in [6.07, 6.45) is -1.49. The highest BCUT2D eigenvalue weighted by molar-refractivity contribution is 6.07. The minimum Gasteiger partial charge on any atom is -0.368 e. The van der Waals surface area contributed by atoms with Gasteiger partial charge in [-0.05, 0) is 18.6 Å². The number of alkyl halides is 3. The van der Waals surface area contributed by atoms with Gasteiger partial charge in [-0.15, -0.1) is 0 Å². The Kier molecular flexibility index (Phi) is 5.27. The van der Waals surface area contributed by atoms with Crippen molar-refractivity contribution in [3.05, 3.63) is 52.1 Å². The smallest absolute Gasteiger partial charge is 0.368 e. The van der Waals surface area contributed by atoms with E-state index in [-0.39, 0.29) is 30.0 Å². The number of halogens is 3. The van der Waals surface area contributed by atoms with E-state index in [1.54, 1.807) is 13.2 Å². The number of nitro groups is 1. The van der Waals surface area contributed by atoms with Gasteiger partial charge in [-0.3, -0.25) is 19.7 Å². The average molecular weight is 411 g/mol. The van der Waals surface area contributed by atoms with E-state index in [4.69, 9.17) is 0 Å². The first-order valence-electron chi connectivity index (χ1n) is 8.49. The lowest BCUT2D eigenvalue weighted by Crippen LogP contribution is -2.39. The first-order valence-corrected chi connectivity index (χ1v) is 8.49. The molecule has 1 saturated heterocycles. The Morgan fingerprint density at radius 2 is 2.14 bits per heavy atom. The van der Waals surface area contributed by atoms with Gasteiger partial charge in [0.15, 0.2) is 5.82 Å². The molecular formula is C17H16F3N5O4. The van der Waals surface area contributed by atoms with Crippen molar-refractivity contribution in [2.75, 3.05) is 18.4 Å². The quantitative estimate of drug-likeness (QED) is 0.443. The molecule has 0 spiro atoms. The molecule has 2 heterocycles. The minimum absolute atomic E-state index is 0.0213. The molecule has 1 aliphatic rings. The lowest BCUT2D eigenvalue weighted by Gasteiger charge is -2.19. The molecule has 12 heteroatoms. The fraction of sp³-hybridized carbons (Fsp3) is 0.353. The summed E-state index contributed by atoms with van der Waals surface area (Å²) >= 11 is 0. The highest BCUT2D eigenvalue weighted by Crippen LogP contribution is 2.29. The Bertz CT molecular complexity index is 972. The molecule has 0 aliphatic carbocycles. The van der Waals surface area contributed by atoms with Crippen molar-refractivity contribution >= 4 is 23.1 Å². The summed E-state index contributed by atoms with van der Waals surface area (Å²) in [7, 11) is 1.60.